The molecule has 0 heterocycles. The third kappa shape index (κ3) is 6.44. The van der Waals surface area contributed by atoms with Crippen molar-refractivity contribution >= 4 is 60.3 Å². The smallest absolute Gasteiger partial charge is 0.0633 e. The second-order valence-corrected chi connectivity index (χ2v) is 13.6. The van der Waals surface area contributed by atoms with Crippen LogP contribution in [0.5, 0.6) is 0 Å². The fourth-order valence-corrected chi connectivity index (χ4v) is 10.6. The molecule has 4 rings (SSSR count). The number of benzene rings is 4. The Balaban J connectivity index is 0.00000289. The van der Waals surface area contributed by atoms with E-state index in [9.17, 15) is 0 Å². The normalized spacial score (nSPS) is 12.9. The number of halogens is 2. The van der Waals surface area contributed by atoms with E-state index in [1.807, 2.05) is 0 Å². The summed E-state index contributed by atoms with van der Waals surface area (Å²) in [4.78, 5) is 0. The number of rotatable bonds is 8. The fraction of sp³-hybridized carbons (Fsp3) is 0.111. The first-order chi connectivity index (χ1) is 15.2. The maximum Gasteiger partial charge on any atom is 0.0633 e. The van der Waals surface area contributed by atoms with E-state index in [2.05, 4.69) is 121 Å². The van der Waals surface area contributed by atoms with Gasteiger partial charge in [0.15, 0.2) is 0 Å². The molecule has 2 atom stereocenters. The third-order valence-corrected chi connectivity index (χ3v) is 11.6. The predicted molar refractivity (Wildman–Crippen MR) is 142 cm³/mol. The average molecular weight is 540 g/mol. The Kier molecular flexibility index (Phi) is 10.2. The van der Waals surface area contributed by atoms with Crippen molar-refractivity contribution in [3.63, 3.8) is 0 Å². The Labute approximate surface area is 213 Å². The Bertz CT molecular complexity index is 884. The van der Waals surface area contributed by atoms with Crippen molar-refractivity contribution in [1.29, 1.82) is 0 Å². The molecular weight excluding hydrogens is 516 g/mol. The van der Waals surface area contributed by atoms with Crippen molar-refractivity contribution < 1.29 is 16.5 Å². The molecule has 0 aliphatic carbocycles. The molecule has 0 aliphatic heterocycles. The van der Waals surface area contributed by atoms with Crippen LogP contribution in [0.3, 0.4) is 0 Å². The summed E-state index contributed by atoms with van der Waals surface area (Å²) in [6.07, 6.45) is 0.744. The largest absolute Gasteiger partial charge is 0.117 e. The minimum absolute atomic E-state index is 0. The van der Waals surface area contributed by atoms with Gasteiger partial charge in [0.1, 0.15) is 0 Å². The zero-order valence-corrected chi connectivity index (χ0v) is 21.7. The molecule has 0 radical (unpaired) electrons. The summed E-state index contributed by atoms with van der Waals surface area (Å²) in [6, 6.07) is 42.5. The monoisotopic (exact) mass is 538 g/mol. The number of hydrogen-bond acceptors (Lipinski definition) is 0. The van der Waals surface area contributed by atoms with Crippen molar-refractivity contribution in [2.45, 2.75) is 16.7 Å². The van der Waals surface area contributed by atoms with E-state index in [1.165, 1.54) is 21.2 Å². The molecule has 32 heavy (non-hydrogen) atoms. The van der Waals surface area contributed by atoms with Gasteiger partial charge in [-0.25, -0.2) is 0 Å². The predicted octanol–water partition coefficient (Wildman–Crippen LogP) is 6.77. The van der Waals surface area contributed by atoms with Crippen LogP contribution in [0.25, 0.3) is 0 Å². The fourth-order valence-electron chi connectivity index (χ4n) is 3.67. The molecule has 0 aliphatic rings. The summed E-state index contributed by atoms with van der Waals surface area (Å²) in [7, 11) is -1.43. The molecule has 5 heteroatoms. The zero-order valence-electron chi connectivity index (χ0n) is 17.4. The van der Waals surface area contributed by atoms with Gasteiger partial charge < -0.3 is 0 Å². The molecule has 0 saturated heterocycles. The molecule has 2 unspecified atom stereocenters. The minimum atomic E-state index is -0.716. The van der Waals surface area contributed by atoms with Gasteiger partial charge in [-0.1, -0.05) is 121 Å². The molecule has 0 spiro atoms. The van der Waals surface area contributed by atoms with Crippen molar-refractivity contribution in [3.05, 3.63) is 121 Å². The molecule has 0 fully saturated rings. The van der Waals surface area contributed by atoms with Crippen LogP contribution in [0.4, 0.5) is 0 Å². The van der Waals surface area contributed by atoms with Gasteiger partial charge in [0, 0.05) is 16.5 Å². The van der Waals surface area contributed by atoms with Gasteiger partial charge in [0.05, 0.1) is 10.2 Å². The van der Waals surface area contributed by atoms with Gasteiger partial charge in [-0.05, 0) is 43.5 Å². The molecule has 0 bridgehead atoms. The van der Waals surface area contributed by atoms with Crippen LogP contribution in [0.2, 0.25) is 0 Å². The molecule has 166 valence electrons. The summed E-state index contributed by atoms with van der Waals surface area (Å²) >= 11 is 14.4. The van der Waals surface area contributed by atoms with Gasteiger partial charge in [0.2, 0.25) is 0 Å². The van der Waals surface area contributed by atoms with Crippen molar-refractivity contribution in [2.24, 2.45) is 0 Å². The van der Waals surface area contributed by atoms with E-state index in [1.54, 1.807) is 0 Å². The SMILES string of the molecule is ClC(CC(Cl)P(c1ccccc1)c1ccccc1)P(c1ccccc1)c1ccccc1.[Ni]. The van der Waals surface area contributed by atoms with Crippen molar-refractivity contribution in [1.82, 2.24) is 0 Å². The van der Waals surface area contributed by atoms with E-state index in [4.69, 9.17) is 23.2 Å². The van der Waals surface area contributed by atoms with E-state index < -0.39 is 15.8 Å². The first kappa shape index (κ1) is 25.4. The van der Waals surface area contributed by atoms with Crippen molar-refractivity contribution in [2.75, 3.05) is 0 Å². The molecular formula is C27H24Cl2NiP2. The Hall–Kier alpha value is -1.19. The molecule has 4 aromatic carbocycles. The van der Waals surface area contributed by atoms with Crippen LogP contribution in [0.15, 0.2) is 121 Å². The molecule has 0 saturated carbocycles. The topological polar surface area (TPSA) is 0 Å². The average Bonchev–Trinajstić information content (AvgIpc) is 2.82. The Morgan fingerprint density at radius 3 is 0.875 bits per heavy atom. The Morgan fingerprint density at radius 2 is 0.656 bits per heavy atom. The second-order valence-electron chi connectivity index (χ2n) is 7.19. The van der Waals surface area contributed by atoms with Gasteiger partial charge >= 0.3 is 0 Å². The van der Waals surface area contributed by atoms with Crippen LogP contribution < -0.4 is 21.2 Å². The van der Waals surface area contributed by atoms with Crippen molar-refractivity contribution in [3.8, 4) is 0 Å². The summed E-state index contributed by atoms with van der Waals surface area (Å²) in [5.74, 6) is 0. The molecule has 0 aromatic heterocycles. The maximum absolute atomic E-state index is 7.18. The first-order valence-electron chi connectivity index (χ1n) is 10.3. The standard InChI is InChI=1S/C27H24Cl2P2.Ni/c28-26(30(22-13-5-1-6-14-22)23-15-7-2-8-16-23)21-27(29)31(24-17-9-3-10-18-24)25-19-11-4-12-20-25;/h1-20,26-27H,21H2;. The van der Waals surface area contributed by atoms with Gasteiger partial charge in [-0.3, -0.25) is 0 Å². The van der Waals surface area contributed by atoms with Gasteiger partial charge in [-0.2, -0.15) is 0 Å². The van der Waals surface area contributed by atoms with E-state index in [0.717, 1.165) is 6.42 Å². The summed E-state index contributed by atoms with van der Waals surface area (Å²) in [6.45, 7) is 0. The van der Waals surface area contributed by atoms with E-state index in [0.29, 0.717) is 0 Å². The number of alkyl halides is 2. The van der Waals surface area contributed by atoms with Crippen LogP contribution in [-0.4, -0.2) is 10.2 Å². The van der Waals surface area contributed by atoms with E-state index >= 15 is 0 Å². The summed E-state index contributed by atoms with van der Waals surface area (Å²) in [5, 5.41) is 5.04. The number of hydrogen-bond donors (Lipinski definition) is 0. The third-order valence-electron chi connectivity index (χ3n) is 5.09. The Morgan fingerprint density at radius 1 is 0.438 bits per heavy atom. The molecule has 0 N–H and O–H groups in total. The molecule has 4 aromatic rings. The van der Waals surface area contributed by atoms with Gasteiger partial charge in [-0.15, -0.1) is 23.2 Å². The molecule has 0 amide bonds. The van der Waals surface area contributed by atoms with Crippen LogP contribution >= 0.6 is 39.0 Å². The zero-order chi connectivity index (χ0) is 21.5. The second kappa shape index (κ2) is 12.9. The quantitative estimate of drug-likeness (QED) is 0.132. The molecule has 0 nitrogen and oxygen atoms in total. The van der Waals surface area contributed by atoms with Gasteiger partial charge in [0.25, 0.3) is 0 Å². The van der Waals surface area contributed by atoms with Crippen LogP contribution in [-0.2, 0) is 16.5 Å². The minimum Gasteiger partial charge on any atom is -0.117 e. The maximum atomic E-state index is 7.18. The van der Waals surface area contributed by atoms with Crippen LogP contribution in [0.1, 0.15) is 6.42 Å². The summed E-state index contributed by atoms with van der Waals surface area (Å²) < 4.78 is 0. The van der Waals surface area contributed by atoms with Crippen LogP contribution in [0, 0.1) is 0 Å². The first-order valence-corrected chi connectivity index (χ1v) is 14.0. The van der Waals surface area contributed by atoms with E-state index in [-0.39, 0.29) is 26.7 Å². The summed E-state index contributed by atoms with van der Waals surface area (Å²) in [5.41, 5.74) is 0.